The highest BCUT2D eigenvalue weighted by molar-refractivity contribution is 6.07. The van der Waals surface area contributed by atoms with Crippen molar-refractivity contribution < 1.29 is 19.2 Å². The predicted molar refractivity (Wildman–Crippen MR) is 141 cm³/mol. The number of aryl methyl sites for hydroxylation is 2. The maximum atomic E-state index is 12.8. The van der Waals surface area contributed by atoms with Crippen molar-refractivity contribution in [2.24, 2.45) is 19.8 Å². The summed E-state index contributed by atoms with van der Waals surface area (Å²) in [6, 6.07) is 17.6. The Morgan fingerprint density at radius 2 is 1.14 bits per heavy atom. The van der Waals surface area contributed by atoms with E-state index < -0.39 is 11.8 Å². The molecule has 0 aliphatic rings. The number of hydrogen-bond acceptors (Lipinski definition) is 4. The van der Waals surface area contributed by atoms with E-state index in [1.54, 1.807) is 49.3 Å². The van der Waals surface area contributed by atoms with Crippen LogP contribution < -0.4 is 21.7 Å². The van der Waals surface area contributed by atoms with Gasteiger partial charge in [0.2, 0.25) is 5.91 Å². The number of carbonyl (C=O) groups is 4. The zero-order valence-electron chi connectivity index (χ0n) is 20.5. The maximum absolute atomic E-state index is 12.8. The third-order valence-electron chi connectivity index (χ3n) is 5.70. The monoisotopic (exact) mass is 498 g/mol. The Bertz CT molecular complexity index is 1500. The minimum absolute atomic E-state index is 0.135. The van der Waals surface area contributed by atoms with E-state index in [9.17, 15) is 19.2 Å². The number of nitrogens with two attached hydrogens (primary N) is 1. The van der Waals surface area contributed by atoms with E-state index in [1.807, 2.05) is 36.4 Å². The summed E-state index contributed by atoms with van der Waals surface area (Å²) in [5.41, 5.74) is 9.82. The second kappa shape index (κ2) is 10.2. The third-order valence-corrected chi connectivity index (χ3v) is 5.70. The molecular weight excluding hydrogens is 472 g/mol. The topological polar surface area (TPSA) is 140 Å². The van der Waals surface area contributed by atoms with Crippen molar-refractivity contribution in [2.45, 2.75) is 6.92 Å². The molecule has 0 bridgehead atoms. The van der Waals surface area contributed by atoms with Gasteiger partial charge in [0.25, 0.3) is 17.7 Å². The van der Waals surface area contributed by atoms with Crippen LogP contribution in [-0.2, 0) is 18.9 Å². The van der Waals surface area contributed by atoms with Crippen molar-refractivity contribution in [1.29, 1.82) is 0 Å². The minimum Gasteiger partial charge on any atom is -0.364 e. The summed E-state index contributed by atoms with van der Waals surface area (Å²) < 4.78 is 3.12. The van der Waals surface area contributed by atoms with Gasteiger partial charge in [-0.1, -0.05) is 24.3 Å². The highest BCUT2D eigenvalue weighted by atomic mass is 16.2. The fourth-order valence-electron chi connectivity index (χ4n) is 3.90. The van der Waals surface area contributed by atoms with E-state index in [2.05, 4.69) is 16.0 Å². The van der Waals surface area contributed by atoms with Crippen molar-refractivity contribution in [3.8, 4) is 11.1 Å². The lowest BCUT2D eigenvalue weighted by Crippen LogP contribution is -2.15. The molecule has 10 nitrogen and oxygen atoms in total. The maximum Gasteiger partial charge on any atom is 0.272 e. The van der Waals surface area contributed by atoms with Gasteiger partial charge < -0.3 is 30.8 Å². The lowest BCUT2D eigenvalue weighted by atomic mass is 10.0. The molecule has 0 aliphatic carbocycles. The number of hydrogen-bond donors (Lipinski definition) is 4. The summed E-state index contributed by atoms with van der Waals surface area (Å²) in [6.45, 7) is 1.45. The first-order valence-electron chi connectivity index (χ1n) is 11.3. The Hall–Kier alpha value is -5.12. The molecule has 188 valence electrons. The SMILES string of the molecule is CC(=O)Nc1ccc(-c2ccc(C(=O)Nc3cc(C(=O)Nc4cc(C(N)=O)n(C)c4)n(C)c3)cc2)cc1. The van der Waals surface area contributed by atoms with Crippen molar-refractivity contribution in [1.82, 2.24) is 9.13 Å². The van der Waals surface area contributed by atoms with Gasteiger partial charge in [-0.3, -0.25) is 19.2 Å². The lowest BCUT2D eigenvalue weighted by molar-refractivity contribution is -0.114. The molecule has 5 N–H and O–H groups in total. The van der Waals surface area contributed by atoms with Gasteiger partial charge in [0.15, 0.2) is 0 Å². The first-order chi connectivity index (χ1) is 17.6. The van der Waals surface area contributed by atoms with Crippen LogP contribution in [-0.4, -0.2) is 32.8 Å². The molecule has 2 aromatic carbocycles. The van der Waals surface area contributed by atoms with Crippen LogP contribution in [0.1, 0.15) is 38.3 Å². The second-order valence-corrected chi connectivity index (χ2v) is 8.56. The van der Waals surface area contributed by atoms with Gasteiger partial charge in [0.1, 0.15) is 11.4 Å². The molecule has 0 saturated heterocycles. The number of aromatic nitrogens is 2. The number of primary amides is 1. The molecule has 4 aromatic rings. The third kappa shape index (κ3) is 5.76. The molecule has 0 spiro atoms. The highest BCUT2D eigenvalue weighted by Gasteiger charge is 2.16. The van der Waals surface area contributed by atoms with E-state index in [0.29, 0.717) is 28.3 Å². The van der Waals surface area contributed by atoms with E-state index in [-0.39, 0.29) is 17.5 Å². The molecule has 2 heterocycles. The number of benzene rings is 2. The molecule has 0 unspecified atom stereocenters. The number of anilines is 3. The Morgan fingerprint density at radius 1 is 0.649 bits per heavy atom. The van der Waals surface area contributed by atoms with Crippen LogP contribution in [0.5, 0.6) is 0 Å². The van der Waals surface area contributed by atoms with Crippen molar-refractivity contribution in [2.75, 3.05) is 16.0 Å². The molecule has 0 aliphatic heterocycles. The molecule has 0 fully saturated rings. The average Bonchev–Trinajstić information content (AvgIpc) is 3.40. The molecule has 4 rings (SSSR count). The number of nitrogens with zero attached hydrogens (tertiary/aromatic N) is 2. The van der Waals surface area contributed by atoms with E-state index >= 15 is 0 Å². The molecule has 10 heteroatoms. The lowest BCUT2D eigenvalue weighted by Gasteiger charge is -2.07. The highest BCUT2D eigenvalue weighted by Crippen LogP contribution is 2.23. The van der Waals surface area contributed by atoms with Crippen LogP contribution >= 0.6 is 0 Å². The van der Waals surface area contributed by atoms with Crippen LogP contribution in [0.2, 0.25) is 0 Å². The fraction of sp³-hybridized carbons (Fsp3) is 0.111. The van der Waals surface area contributed by atoms with Crippen molar-refractivity contribution in [3.05, 3.63) is 90.0 Å². The summed E-state index contributed by atoms with van der Waals surface area (Å²) in [7, 11) is 3.35. The number of amides is 4. The van der Waals surface area contributed by atoms with Gasteiger partial charge in [0, 0.05) is 44.7 Å². The number of carbonyl (C=O) groups excluding carboxylic acids is 4. The Morgan fingerprint density at radius 3 is 1.65 bits per heavy atom. The standard InChI is InChI=1S/C27H26N6O4/c1-16(34)29-20-10-8-18(9-11-20)17-4-6-19(7-5-17)26(36)30-22-13-24(33(3)15-22)27(37)31-21-12-23(25(28)35)32(2)14-21/h4-15H,1-3H3,(H2,28,35)(H,29,34)(H,30,36)(H,31,37). The van der Waals surface area contributed by atoms with E-state index in [4.69, 9.17) is 5.73 Å². The molecular formula is C27H26N6O4. The summed E-state index contributed by atoms with van der Waals surface area (Å²) in [5, 5.41) is 8.26. The minimum atomic E-state index is -0.597. The average molecular weight is 499 g/mol. The molecule has 0 saturated carbocycles. The predicted octanol–water partition coefficient (Wildman–Crippen LogP) is 3.59. The van der Waals surface area contributed by atoms with Gasteiger partial charge in [0.05, 0.1) is 11.4 Å². The van der Waals surface area contributed by atoms with Crippen LogP contribution in [0, 0.1) is 0 Å². The molecule has 4 amide bonds. The van der Waals surface area contributed by atoms with Crippen LogP contribution in [0.15, 0.2) is 73.1 Å². The van der Waals surface area contributed by atoms with Crippen LogP contribution in [0.3, 0.4) is 0 Å². The van der Waals surface area contributed by atoms with Crippen molar-refractivity contribution >= 4 is 40.7 Å². The van der Waals surface area contributed by atoms with Crippen LogP contribution in [0.4, 0.5) is 17.1 Å². The Kier molecular flexibility index (Phi) is 6.92. The Labute approximate surface area is 213 Å². The number of nitrogens with one attached hydrogen (secondary N) is 3. The first-order valence-corrected chi connectivity index (χ1v) is 11.3. The van der Waals surface area contributed by atoms with Crippen LogP contribution in [0.25, 0.3) is 11.1 Å². The zero-order valence-corrected chi connectivity index (χ0v) is 20.5. The van der Waals surface area contributed by atoms with Gasteiger partial charge in [-0.25, -0.2) is 0 Å². The van der Waals surface area contributed by atoms with Gasteiger partial charge in [-0.05, 0) is 47.5 Å². The molecule has 0 radical (unpaired) electrons. The van der Waals surface area contributed by atoms with Gasteiger partial charge in [-0.15, -0.1) is 0 Å². The normalized spacial score (nSPS) is 10.6. The van der Waals surface area contributed by atoms with Gasteiger partial charge in [-0.2, -0.15) is 0 Å². The van der Waals surface area contributed by atoms with E-state index in [1.165, 1.54) is 17.6 Å². The fourth-order valence-corrected chi connectivity index (χ4v) is 3.90. The Balaban J connectivity index is 1.41. The smallest absolute Gasteiger partial charge is 0.272 e. The second-order valence-electron chi connectivity index (χ2n) is 8.56. The van der Waals surface area contributed by atoms with Crippen molar-refractivity contribution in [3.63, 3.8) is 0 Å². The quantitative estimate of drug-likeness (QED) is 0.309. The summed E-state index contributed by atoms with van der Waals surface area (Å²) >= 11 is 0. The molecule has 2 aromatic heterocycles. The summed E-state index contributed by atoms with van der Waals surface area (Å²) in [5.74, 6) is -1.46. The molecule has 0 atom stereocenters. The number of rotatable bonds is 7. The largest absolute Gasteiger partial charge is 0.364 e. The zero-order chi connectivity index (χ0) is 26.7. The van der Waals surface area contributed by atoms with E-state index in [0.717, 1.165) is 11.1 Å². The molecule has 37 heavy (non-hydrogen) atoms. The first kappa shape index (κ1) is 25.0. The summed E-state index contributed by atoms with van der Waals surface area (Å²) in [6.07, 6.45) is 3.22. The summed E-state index contributed by atoms with van der Waals surface area (Å²) in [4.78, 5) is 48.1. The van der Waals surface area contributed by atoms with Gasteiger partial charge >= 0.3 is 0 Å².